The first-order valence-corrected chi connectivity index (χ1v) is 11.7. The third kappa shape index (κ3) is 5.44. The molecule has 0 bridgehead atoms. The van der Waals surface area contributed by atoms with Crippen molar-refractivity contribution in [2.24, 2.45) is 5.92 Å². The topological polar surface area (TPSA) is 94.4 Å². The Labute approximate surface area is 215 Å². The first kappa shape index (κ1) is 25.2. The number of aliphatic carboxylic acids is 1. The second-order valence-electron chi connectivity index (χ2n) is 8.91. The van der Waals surface area contributed by atoms with Gasteiger partial charge in [-0.3, -0.25) is 9.78 Å². The van der Waals surface area contributed by atoms with Crippen molar-refractivity contribution in [1.29, 1.82) is 0 Å². The van der Waals surface area contributed by atoms with Crippen LogP contribution in [0.3, 0.4) is 0 Å². The van der Waals surface area contributed by atoms with Crippen LogP contribution >= 0.6 is 0 Å². The molecule has 38 heavy (non-hydrogen) atoms. The minimum atomic E-state index is -4.54. The highest BCUT2D eigenvalue weighted by Crippen LogP contribution is 2.47. The molecule has 10 heteroatoms. The number of carboxylic acids is 1. The summed E-state index contributed by atoms with van der Waals surface area (Å²) in [5.74, 6) is -0.534. The van der Waals surface area contributed by atoms with E-state index in [1.165, 1.54) is 25.4 Å². The van der Waals surface area contributed by atoms with E-state index < -0.39 is 23.6 Å². The molecule has 7 nitrogen and oxygen atoms in total. The summed E-state index contributed by atoms with van der Waals surface area (Å²) in [6.45, 7) is 0.0346. The van der Waals surface area contributed by atoms with E-state index in [1.54, 1.807) is 48.5 Å². The van der Waals surface area contributed by atoms with E-state index in [4.69, 9.17) is 14.6 Å². The van der Waals surface area contributed by atoms with Crippen molar-refractivity contribution in [3.8, 4) is 34.0 Å². The van der Waals surface area contributed by atoms with Gasteiger partial charge in [0.25, 0.3) is 0 Å². The van der Waals surface area contributed by atoms with Crippen molar-refractivity contribution in [1.82, 2.24) is 15.2 Å². The van der Waals surface area contributed by atoms with Crippen LogP contribution in [-0.4, -0.2) is 33.4 Å². The molecule has 0 unspecified atom stereocenters. The lowest BCUT2D eigenvalue weighted by Gasteiger charge is -2.15. The molecule has 0 spiro atoms. The van der Waals surface area contributed by atoms with Crippen LogP contribution in [0.5, 0.6) is 11.6 Å². The van der Waals surface area contributed by atoms with Gasteiger partial charge in [0.2, 0.25) is 5.88 Å². The number of alkyl halides is 3. The van der Waals surface area contributed by atoms with Gasteiger partial charge in [0.1, 0.15) is 12.4 Å². The maximum Gasteiger partial charge on any atom is 0.417 e. The Kier molecular flexibility index (Phi) is 6.71. The fourth-order valence-electron chi connectivity index (χ4n) is 4.23. The number of pyridine rings is 1. The second kappa shape index (κ2) is 10.1. The van der Waals surface area contributed by atoms with Crippen molar-refractivity contribution in [2.75, 3.05) is 7.11 Å². The average Bonchev–Trinajstić information content (AvgIpc) is 3.73. The molecule has 1 aliphatic carbocycles. The van der Waals surface area contributed by atoms with Crippen molar-refractivity contribution < 1.29 is 32.5 Å². The fourth-order valence-corrected chi connectivity index (χ4v) is 4.23. The van der Waals surface area contributed by atoms with E-state index in [0.29, 0.717) is 46.1 Å². The van der Waals surface area contributed by atoms with Crippen molar-refractivity contribution in [3.63, 3.8) is 0 Å². The molecule has 0 radical (unpaired) electrons. The third-order valence-electron chi connectivity index (χ3n) is 6.38. The molecule has 2 aromatic carbocycles. The second-order valence-corrected chi connectivity index (χ2v) is 8.91. The molecular weight excluding hydrogens is 499 g/mol. The number of hydrogen-bond donors (Lipinski definition) is 1. The van der Waals surface area contributed by atoms with Gasteiger partial charge >= 0.3 is 12.1 Å². The van der Waals surface area contributed by atoms with Crippen molar-refractivity contribution in [2.45, 2.75) is 25.1 Å². The molecule has 0 saturated heterocycles. The van der Waals surface area contributed by atoms with Crippen molar-refractivity contribution in [3.05, 3.63) is 89.7 Å². The SMILES string of the molecule is COc1ccc(-c2ccc(-c3cc(COc4ccc([C@H]5C[C@@H]5C(=O)O)nc4)ccc3C(F)(F)F)cc2)nn1. The smallest absolute Gasteiger partial charge is 0.417 e. The molecule has 1 aliphatic rings. The summed E-state index contributed by atoms with van der Waals surface area (Å²) in [4.78, 5) is 15.3. The number of halogens is 3. The molecule has 0 amide bonds. The molecule has 194 valence electrons. The van der Waals surface area contributed by atoms with Gasteiger partial charge in [-0.25, -0.2) is 0 Å². The summed E-state index contributed by atoms with van der Waals surface area (Å²) in [6, 6.07) is 17.3. The monoisotopic (exact) mass is 521 g/mol. The van der Waals surface area contributed by atoms with Gasteiger partial charge in [-0.05, 0) is 53.4 Å². The van der Waals surface area contributed by atoms with Crippen LogP contribution in [0.25, 0.3) is 22.4 Å². The van der Waals surface area contributed by atoms with Crippen LogP contribution in [0.4, 0.5) is 13.2 Å². The number of methoxy groups -OCH3 is 1. The Hall–Kier alpha value is -4.47. The predicted octanol–water partition coefficient (Wildman–Crippen LogP) is 6.00. The Bertz CT molecular complexity index is 1440. The van der Waals surface area contributed by atoms with Crippen LogP contribution < -0.4 is 9.47 Å². The molecule has 0 aliphatic heterocycles. The molecule has 1 N–H and O–H groups in total. The molecule has 2 aromatic heterocycles. The summed E-state index contributed by atoms with van der Waals surface area (Å²) >= 11 is 0. The van der Waals surface area contributed by atoms with Crippen LogP contribution in [0, 0.1) is 5.92 Å². The lowest BCUT2D eigenvalue weighted by molar-refractivity contribution is -0.139. The van der Waals surface area contributed by atoms with Crippen LogP contribution in [0.2, 0.25) is 0 Å². The molecule has 1 saturated carbocycles. The molecule has 1 fully saturated rings. The number of rotatable bonds is 8. The summed E-state index contributed by atoms with van der Waals surface area (Å²) in [5.41, 5.74) is 2.19. The van der Waals surface area contributed by atoms with Gasteiger partial charge in [-0.1, -0.05) is 30.3 Å². The lowest BCUT2D eigenvalue weighted by atomic mass is 9.96. The van der Waals surface area contributed by atoms with Crippen molar-refractivity contribution >= 4 is 5.97 Å². The summed E-state index contributed by atoms with van der Waals surface area (Å²) < 4.78 is 52.2. The fraction of sp³-hybridized carbons (Fsp3) is 0.214. The lowest BCUT2D eigenvalue weighted by Crippen LogP contribution is -2.08. The zero-order chi connectivity index (χ0) is 26.9. The summed E-state index contributed by atoms with van der Waals surface area (Å²) in [7, 11) is 1.48. The summed E-state index contributed by atoms with van der Waals surface area (Å²) in [6.07, 6.45) is -2.48. The number of hydrogen-bond acceptors (Lipinski definition) is 6. The van der Waals surface area contributed by atoms with E-state index in [2.05, 4.69) is 15.2 Å². The normalized spacial score (nSPS) is 16.6. The Balaban J connectivity index is 1.34. The molecule has 4 aromatic rings. The zero-order valence-electron chi connectivity index (χ0n) is 20.1. The minimum absolute atomic E-state index is 0.0346. The largest absolute Gasteiger partial charge is 0.487 e. The highest BCUT2D eigenvalue weighted by atomic mass is 19.4. The quantitative estimate of drug-likeness (QED) is 0.304. The third-order valence-corrected chi connectivity index (χ3v) is 6.38. The average molecular weight is 521 g/mol. The number of carboxylic acid groups (broad SMARTS) is 1. The van der Waals surface area contributed by atoms with Gasteiger partial charge in [0.05, 0.1) is 30.5 Å². The zero-order valence-corrected chi connectivity index (χ0v) is 20.1. The first-order chi connectivity index (χ1) is 18.2. The Morgan fingerprint density at radius 2 is 1.76 bits per heavy atom. The van der Waals surface area contributed by atoms with Crippen LogP contribution in [-0.2, 0) is 17.6 Å². The number of nitrogens with zero attached hydrogens (tertiary/aromatic N) is 3. The predicted molar refractivity (Wildman–Crippen MR) is 132 cm³/mol. The first-order valence-electron chi connectivity index (χ1n) is 11.7. The number of aromatic nitrogens is 3. The number of carbonyl (C=O) groups is 1. The Morgan fingerprint density at radius 3 is 2.34 bits per heavy atom. The molecular formula is C28H22F3N3O4. The van der Waals surface area contributed by atoms with Gasteiger partial charge in [0, 0.05) is 23.2 Å². The van der Waals surface area contributed by atoms with Gasteiger partial charge in [-0.15, -0.1) is 10.2 Å². The number of benzene rings is 2. The maximum absolute atomic E-state index is 13.8. The van der Waals surface area contributed by atoms with E-state index in [1.807, 2.05) is 0 Å². The van der Waals surface area contributed by atoms with Gasteiger partial charge < -0.3 is 14.6 Å². The van der Waals surface area contributed by atoms with E-state index in [9.17, 15) is 18.0 Å². The Morgan fingerprint density at radius 1 is 1.00 bits per heavy atom. The van der Waals surface area contributed by atoms with E-state index >= 15 is 0 Å². The highest BCUT2D eigenvalue weighted by Gasteiger charge is 2.45. The maximum atomic E-state index is 13.8. The van der Waals surface area contributed by atoms with E-state index in [0.717, 1.165) is 6.07 Å². The highest BCUT2D eigenvalue weighted by molar-refractivity contribution is 5.75. The van der Waals surface area contributed by atoms with Gasteiger partial charge in [-0.2, -0.15) is 13.2 Å². The minimum Gasteiger partial charge on any atom is -0.487 e. The molecule has 2 atom stereocenters. The van der Waals surface area contributed by atoms with E-state index in [-0.39, 0.29) is 18.1 Å². The number of ether oxygens (including phenoxy) is 2. The van der Waals surface area contributed by atoms with Gasteiger partial charge in [0.15, 0.2) is 0 Å². The molecule has 2 heterocycles. The van der Waals surface area contributed by atoms with Crippen LogP contribution in [0.1, 0.15) is 29.2 Å². The molecule has 5 rings (SSSR count). The standard InChI is InChI=1S/C28H22F3N3O4/c1-37-26-11-10-24(33-34-26)18-5-3-17(4-6-18)20-12-16(2-8-23(20)28(29,30)31)15-38-19-7-9-25(32-14-19)21-13-22(21)27(35)36/h2-12,14,21-22H,13,15H2,1H3,(H,35,36)/t21-,22-/m0/s1. The van der Waals surface area contributed by atoms with Crippen LogP contribution in [0.15, 0.2) is 72.9 Å². The summed E-state index contributed by atoms with van der Waals surface area (Å²) in [5, 5.41) is 17.1.